The minimum Gasteiger partial charge on any atom is -0.334 e. The second-order valence-electron chi connectivity index (χ2n) is 10.0. The summed E-state index contributed by atoms with van der Waals surface area (Å²) in [5.41, 5.74) is 7.27. The van der Waals surface area contributed by atoms with Gasteiger partial charge in [0, 0.05) is 53.1 Å². The zero-order chi connectivity index (χ0) is 24.1. The molecule has 1 saturated carbocycles. The second-order valence-corrected chi connectivity index (χ2v) is 10.0. The summed E-state index contributed by atoms with van der Waals surface area (Å²) in [5.74, 6) is 0.975. The number of nitrogens with zero attached hydrogens (tertiary/aromatic N) is 4. The molecule has 7 rings (SSSR count). The van der Waals surface area contributed by atoms with E-state index in [1.54, 1.807) is 0 Å². The van der Waals surface area contributed by atoms with E-state index < -0.39 is 0 Å². The number of aromatic nitrogens is 4. The Morgan fingerprint density at radius 2 is 1.56 bits per heavy atom. The van der Waals surface area contributed by atoms with Crippen molar-refractivity contribution in [1.29, 1.82) is 0 Å². The highest BCUT2D eigenvalue weighted by Gasteiger charge is 2.38. The standard InChI is InChI=1S/C32H28N4/c1-35-20-19-34-31(35)23-14-15-27-26-11-2-3-12-28(26)36(29(27)21-23)25-10-8-9-24(22-25)32(16-5-6-17-32)30-13-4-7-18-33-30/h2-4,7-15,18-22H,5-6,16-17H2,1H3. The monoisotopic (exact) mass is 468 g/mol. The van der Waals surface area contributed by atoms with Gasteiger partial charge in [0.1, 0.15) is 5.82 Å². The predicted octanol–water partition coefficient (Wildman–Crippen LogP) is 7.44. The molecule has 4 heteroatoms. The van der Waals surface area contributed by atoms with Crippen LogP contribution in [0.5, 0.6) is 0 Å². The fraction of sp³-hybridized carbons (Fsp3) is 0.188. The van der Waals surface area contributed by atoms with Gasteiger partial charge in [-0.1, -0.05) is 61.4 Å². The Hall–Kier alpha value is -4.18. The number of rotatable bonds is 4. The number of hydrogen-bond donors (Lipinski definition) is 0. The van der Waals surface area contributed by atoms with Crippen LogP contribution in [0.15, 0.2) is 104 Å². The lowest BCUT2D eigenvalue weighted by Crippen LogP contribution is -2.25. The minimum absolute atomic E-state index is 0.0197. The van der Waals surface area contributed by atoms with E-state index in [9.17, 15) is 0 Å². The average molecular weight is 469 g/mol. The van der Waals surface area contributed by atoms with Gasteiger partial charge in [-0.05, 0) is 54.8 Å². The fourth-order valence-corrected chi connectivity index (χ4v) is 6.29. The highest BCUT2D eigenvalue weighted by Crippen LogP contribution is 2.46. The molecule has 0 N–H and O–H groups in total. The molecule has 0 saturated heterocycles. The van der Waals surface area contributed by atoms with Crippen LogP contribution in [-0.2, 0) is 12.5 Å². The molecule has 3 heterocycles. The maximum absolute atomic E-state index is 4.83. The Bertz CT molecular complexity index is 1700. The Morgan fingerprint density at radius 3 is 2.36 bits per heavy atom. The topological polar surface area (TPSA) is 35.6 Å². The molecule has 0 bridgehead atoms. The molecular formula is C32H28N4. The smallest absolute Gasteiger partial charge is 0.139 e. The molecule has 176 valence electrons. The van der Waals surface area contributed by atoms with Crippen molar-refractivity contribution in [3.05, 3.63) is 115 Å². The van der Waals surface area contributed by atoms with E-state index in [4.69, 9.17) is 4.98 Å². The summed E-state index contributed by atoms with van der Waals surface area (Å²) in [6.45, 7) is 0. The highest BCUT2D eigenvalue weighted by atomic mass is 15.0. The molecule has 0 unspecified atom stereocenters. The molecule has 0 spiro atoms. The number of pyridine rings is 1. The first-order chi connectivity index (χ1) is 17.7. The maximum atomic E-state index is 4.83. The van der Waals surface area contributed by atoms with Gasteiger partial charge in [0.25, 0.3) is 0 Å². The largest absolute Gasteiger partial charge is 0.334 e. The van der Waals surface area contributed by atoms with Crippen LogP contribution in [0.1, 0.15) is 36.9 Å². The van der Waals surface area contributed by atoms with Crippen LogP contribution >= 0.6 is 0 Å². The van der Waals surface area contributed by atoms with Crippen LogP contribution in [0.25, 0.3) is 38.9 Å². The van der Waals surface area contributed by atoms with E-state index in [2.05, 4.69) is 93.0 Å². The number of aryl methyl sites for hydroxylation is 1. The zero-order valence-electron chi connectivity index (χ0n) is 20.4. The van der Waals surface area contributed by atoms with Gasteiger partial charge in [-0.3, -0.25) is 4.98 Å². The molecule has 1 aliphatic carbocycles. The summed E-state index contributed by atoms with van der Waals surface area (Å²) in [5, 5.41) is 2.53. The number of fused-ring (bicyclic) bond motifs is 3. The number of hydrogen-bond acceptors (Lipinski definition) is 2. The van der Waals surface area contributed by atoms with Crippen LogP contribution in [0.4, 0.5) is 0 Å². The van der Waals surface area contributed by atoms with Gasteiger partial charge in [0.15, 0.2) is 0 Å². The quantitative estimate of drug-likeness (QED) is 0.269. The molecule has 0 atom stereocenters. The summed E-state index contributed by atoms with van der Waals surface area (Å²) in [4.78, 5) is 9.44. The first-order valence-electron chi connectivity index (χ1n) is 12.8. The molecular weight excluding hydrogens is 440 g/mol. The Balaban J connectivity index is 1.47. The molecule has 1 fully saturated rings. The first kappa shape index (κ1) is 21.1. The van der Waals surface area contributed by atoms with E-state index in [0.717, 1.165) is 24.2 Å². The molecule has 0 radical (unpaired) electrons. The van der Waals surface area contributed by atoms with Crippen molar-refractivity contribution in [3.63, 3.8) is 0 Å². The van der Waals surface area contributed by atoms with Gasteiger partial charge in [0.2, 0.25) is 0 Å². The summed E-state index contributed by atoms with van der Waals surface area (Å²) in [6, 6.07) is 30.9. The normalized spacial score (nSPS) is 15.1. The average Bonchev–Trinajstić information content (AvgIpc) is 3.67. The molecule has 3 aromatic carbocycles. The van der Waals surface area contributed by atoms with Crippen molar-refractivity contribution < 1.29 is 0 Å². The molecule has 6 aromatic rings. The van der Waals surface area contributed by atoms with E-state index in [-0.39, 0.29) is 5.41 Å². The predicted molar refractivity (Wildman–Crippen MR) is 146 cm³/mol. The lowest BCUT2D eigenvalue weighted by molar-refractivity contribution is 0.518. The van der Waals surface area contributed by atoms with Gasteiger partial charge in [-0.15, -0.1) is 0 Å². The molecule has 36 heavy (non-hydrogen) atoms. The van der Waals surface area contributed by atoms with Crippen LogP contribution in [0.3, 0.4) is 0 Å². The lowest BCUT2D eigenvalue weighted by Gasteiger charge is -2.29. The van der Waals surface area contributed by atoms with E-state index in [1.165, 1.54) is 51.6 Å². The molecule has 3 aromatic heterocycles. The minimum atomic E-state index is -0.0197. The summed E-state index contributed by atoms with van der Waals surface area (Å²) < 4.78 is 4.49. The van der Waals surface area contributed by atoms with Gasteiger partial charge >= 0.3 is 0 Å². The maximum Gasteiger partial charge on any atom is 0.139 e. The van der Waals surface area contributed by atoms with Gasteiger partial charge in [0.05, 0.1) is 16.7 Å². The molecule has 0 amide bonds. The summed E-state index contributed by atoms with van der Waals surface area (Å²) in [6.07, 6.45) is 10.6. The van der Waals surface area contributed by atoms with Crippen molar-refractivity contribution in [2.45, 2.75) is 31.1 Å². The van der Waals surface area contributed by atoms with Crippen LogP contribution in [0, 0.1) is 0 Å². The van der Waals surface area contributed by atoms with Crippen molar-refractivity contribution >= 4 is 21.8 Å². The van der Waals surface area contributed by atoms with Gasteiger partial charge < -0.3 is 9.13 Å². The summed E-state index contributed by atoms with van der Waals surface area (Å²) >= 11 is 0. The fourth-order valence-electron chi connectivity index (χ4n) is 6.29. The molecule has 0 aliphatic heterocycles. The third-order valence-electron chi connectivity index (χ3n) is 8.02. The summed E-state index contributed by atoms with van der Waals surface area (Å²) in [7, 11) is 2.05. The first-order valence-corrected chi connectivity index (χ1v) is 12.8. The van der Waals surface area contributed by atoms with E-state index in [0.29, 0.717) is 0 Å². The van der Waals surface area contributed by atoms with Gasteiger partial charge in [-0.2, -0.15) is 0 Å². The number of benzene rings is 3. The molecule has 1 aliphatic rings. The zero-order valence-corrected chi connectivity index (χ0v) is 20.4. The van der Waals surface area contributed by atoms with Crippen molar-refractivity contribution in [2.75, 3.05) is 0 Å². The Kier molecular flexibility index (Phi) is 4.81. The molecule has 4 nitrogen and oxygen atoms in total. The number of para-hydroxylation sites is 1. The van der Waals surface area contributed by atoms with Crippen LogP contribution < -0.4 is 0 Å². The van der Waals surface area contributed by atoms with Crippen LogP contribution in [0.2, 0.25) is 0 Å². The Labute approximate surface area is 210 Å². The Morgan fingerprint density at radius 1 is 0.722 bits per heavy atom. The second kappa shape index (κ2) is 8.20. The van der Waals surface area contributed by atoms with Crippen LogP contribution in [-0.4, -0.2) is 19.1 Å². The third kappa shape index (κ3) is 3.14. The van der Waals surface area contributed by atoms with Gasteiger partial charge in [-0.25, -0.2) is 4.98 Å². The lowest BCUT2D eigenvalue weighted by atomic mass is 9.75. The van der Waals surface area contributed by atoms with E-state index >= 15 is 0 Å². The highest BCUT2D eigenvalue weighted by molar-refractivity contribution is 6.10. The third-order valence-corrected chi connectivity index (χ3v) is 8.02. The van der Waals surface area contributed by atoms with Crippen molar-refractivity contribution in [1.82, 2.24) is 19.1 Å². The number of imidazole rings is 1. The van der Waals surface area contributed by atoms with Crippen molar-refractivity contribution in [2.24, 2.45) is 7.05 Å². The van der Waals surface area contributed by atoms with Crippen molar-refractivity contribution in [3.8, 4) is 17.1 Å². The SMILES string of the molecule is Cn1ccnc1-c1ccc2c3ccccc3n(-c3cccc(C4(c5ccccn5)CCCC4)c3)c2c1. The van der Waals surface area contributed by atoms with E-state index in [1.807, 2.05) is 31.7 Å².